The SMILES string of the molecule is CN(C(=O)CCCN1CCNCC1)c1ccccc1. The maximum Gasteiger partial charge on any atom is 0.226 e. The summed E-state index contributed by atoms with van der Waals surface area (Å²) < 4.78 is 0. The number of para-hydroxylation sites is 1. The molecule has 0 bridgehead atoms. The summed E-state index contributed by atoms with van der Waals surface area (Å²) in [6, 6.07) is 9.81. The molecule has 0 unspecified atom stereocenters. The molecule has 0 atom stereocenters. The molecule has 1 fully saturated rings. The predicted molar refractivity (Wildman–Crippen MR) is 78.4 cm³/mol. The molecule has 1 aliphatic rings. The normalized spacial score (nSPS) is 16.3. The van der Waals surface area contributed by atoms with Crippen LogP contribution in [0, 0.1) is 0 Å². The van der Waals surface area contributed by atoms with E-state index in [1.54, 1.807) is 4.90 Å². The van der Waals surface area contributed by atoms with E-state index in [4.69, 9.17) is 0 Å². The van der Waals surface area contributed by atoms with Crippen LogP contribution < -0.4 is 10.2 Å². The summed E-state index contributed by atoms with van der Waals surface area (Å²) in [4.78, 5) is 16.3. The molecule has 0 aromatic heterocycles. The van der Waals surface area contributed by atoms with Crippen LogP contribution in [0.4, 0.5) is 5.69 Å². The van der Waals surface area contributed by atoms with Crippen LogP contribution >= 0.6 is 0 Å². The predicted octanol–water partition coefficient (Wildman–Crippen LogP) is 1.33. The number of hydrogen-bond donors (Lipinski definition) is 1. The molecule has 1 amide bonds. The standard InChI is InChI=1S/C15H23N3O/c1-17(14-6-3-2-4-7-14)15(19)8-5-11-18-12-9-16-10-13-18/h2-4,6-7,16H,5,8-13H2,1H3. The van der Waals surface area contributed by atoms with Crippen LogP contribution in [0.5, 0.6) is 0 Å². The Labute approximate surface area is 115 Å². The Morgan fingerprint density at radius 3 is 2.63 bits per heavy atom. The minimum absolute atomic E-state index is 0.196. The van der Waals surface area contributed by atoms with Crippen molar-refractivity contribution in [1.29, 1.82) is 0 Å². The lowest BCUT2D eigenvalue weighted by atomic mass is 10.2. The average molecular weight is 261 g/mol. The fraction of sp³-hybridized carbons (Fsp3) is 0.533. The number of anilines is 1. The van der Waals surface area contributed by atoms with Crippen molar-refractivity contribution in [3.63, 3.8) is 0 Å². The van der Waals surface area contributed by atoms with Crippen molar-refractivity contribution >= 4 is 11.6 Å². The molecule has 1 aromatic rings. The van der Waals surface area contributed by atoms with E-state index in [0.29, 0.717) is 6.42 Å². The lowest BCUT2D eigenvalue weighted by Crippen LogP contribution is -2.43. The molecule has 2 rings (SSSR count). The molecule has 104 valence electrons. The van der Waals surface area contributed by atoms with Gasteiger partial charge in [0.25, 0.3) is 0 Å². The second-order valence-corrected chi connectivity index (χ2v) is 4.98. The molecule has 1 aliphatic heterocycles. The van der Waals surface area contributed by atoms with Crippen LogP contribution in [0.1, 0.15) is 12.8 Å². The van der Waals surface area contributed by atoms with Gasteiger partial charge in [-0.15, -0.1) is 0 Å². The van der Waals surface area contributed by atoms with Gasteiger partial charge in [-0.1, -0.05) is 18.2 Å². The molecule has 1 saturated heterocycles. The van der Waals surface area contributed by atoms with Crippen LogP contribution in [-0.4, -0.2) is 50.6 Å². The first-order valence-corrected chi connectivity index (χ1v) is 7.02. The molecule has 0 aliphatic carbocycles. The largest absolute Gasteiger partial charge is 0.316 e. The van der Waals surface area contributed by atoms with Crippen LogP contribution in [0.15, 0.2) is 30.3 Å². The van der Waals surface area contributed by atoms with Crippen LogP contribution in [0.2, 0.25) is 0 Å². The zero-order valence-electron chi connectivity index (χ0n) is 11.6. The first kappa shape index (κ1) is 14.0. The van der Waals surface area contributed by atoms with E-state index in [1.807, 2.05) is 37.4 Å². The van der Waals surface area contributed by atoms with Crippen molar-refractivity contribution in [2.45, 2.75) is 12.8 Å². The van der Waals surface area contributed by atoms with E-state index in [9.17, 15) is 4.79 Å². The Morgan fingerprint density at radius 1 is 1.26 bits per heavy atom. The Bertz CT molecular complexity index is 388. The summed E-state index contributed by atoms with van der Waals surface area (Å²) in [7, 11) is 1.85. The van der Waals surface area contributed by atoms with Crippen LogP contribution in [0.3, 0.4) is 0 Å². The van der Waals surface area contributed by atoms with Gasteiger partial charge in [-0.25, -0.2) is 0 Å². The summed E-state index contributed by atoms with van der Waals surface area (Å²) >= 11 is 0. The number of rotatable bonds is 5. The van der Waals surface area contributed by atoms with Crippen molar-refractivity contribution in [2.75, 3.05) is 44.7 Å². The number of carbonyl (C=O) groups is 1. The molecular weight excluding hydrogens is 238 g/mol. The first-order chi connectivity index (χ1) is 9.27. The van der Waals surface area contributed by atoms with Gasteiger partial charge in [0.2, 0.25) is 5.91 Å². The minimum atomic E-state index is 0.196. The third-order valence-corrected chi connectivity index (χ3v) is 3.59. The summed E-state index contributed by atoms with van der Waals surface area (Å²) in [5, 5.41) is 3.34. The van der Waals surface area contributed by atoms with Crippen molar-refractivity contribution in [2.24, 2.45) is 0 Å². The van der Waals surface area contributed by atoms with Crippen molar-refractivity contribution < 1.29 is 4.79 Å². The molecule has 4 nitrogen and oxygen atoms in total. The smallest absolute Gasteiger partial charge is 0.226 e. The zero-order valence-corrected chi connectivity index (χ0v) is 11.6. The quantitative estimate of drug-likeness (QED) is 0.868. The number of amides is 1. The van der Waals surface area contributed by atoms with Gasteiger partial charge in [0, 0.05) is 45.3 Å². The second kappa shape index (κ2) is 7.26. The highest BCUT2D eigenvalue weighted by Crippen LogP contribution is 2.12. The summed E-state index contributed by atoms with van der Waals surface area (Å²) in [5.74, 6) is 0.196. The molecule has 1 heterocycles. The molecule has 0 radical (unpaired) electrons. The van der Waals surface area contributed by atoms with Gasteiger partial charge in [0.05, 0.1) is 0 Å². The minimum Gasteiger partial charge on any atom is -0.316 e. The number of hydrogen-bond acceptors (Lipinski definition) is 3. The Morgan fingerprint density at radius 2 is 1.95 bits per heavy atom. The highest BCUT2D eigenvalue weighted by atomic mass is 16.2. The van der Waals surface area contributed by atoms with E-state index in [1.165, 1.54) is 0 Å². The fourth-order valence-corrected chi connectivity index (χ4v) is 2.35. The topological polar surface area (TPSA) is 35.6 Å². The Hall–Kier alpha value is -1.39. The zero-order chi connectivity index (χ0) is 13.5. The van der Waals surface area contributed by atoms with Gasteiger partial charge in [-0.2, -0.15) is 0 Å². The highest BCUT2D eigenvalue weighted by molar-refractivity contribution is 5.92. The second-order valence-electron chi connectivity index (χ2n) is 4.98. The van der Waals surface area contributed by atoms with Crippen molar-refractivity contribution in [3.05, 3.63) is 30.3 Å². The number of nitrogens with zero attached hydrogens (tertiary/aromatic N) is 2. The summed E-state index contributed by atoms with van der Waals surface area (Å²) in [5.41, 5.74) is 0.967. The first-order valence-electron chi connectivity index (χ1n) is 7.02. The van der Waals surface area contributed by atoms with Crippen LogP contribution in [-0.2, 0) is 4.79 Å². The molecule has 1 aromatic carbocycles. The van der Waals surface area contributed by atoms with E-state index in [0.717, 1.165) is 44.8 Å². The van der Waals surface area contributed by atoms with Gasteiger partial charge in [-0.3, -0.25) is 4.79 Å². The van der Waals surface area contributed by atoms with Gasteiger partial charge in [0.1, 0.15) is 0 Å². The molecule has 1 N–H and O–H groups in total. The summed E-state index contributed by atoms with van der Waals surface area (Å²) in [6.07, 6.45) is 1.56. The third kappa shape index (κ3) is 4.33. The summed E-state index contributed by atoms with van der Waals surface area (Å²) in [6.45, 7) is 5.36. The number of carbonyl (C=O) groups excluding carboxylic acids is 1. The van der Waals surface area contributed by atoms with E-state index in [-0.39, 0.29) is 5.91 Å². The molecule has 0 saturated carbocycles. The van der Waals surface area contributed by atoms with Crippen LogP contribution in [0.25, 0.3) is 0 Å². The van der Waals surface area contributed by atoms with Gasteiger partial charge in [0.15, 0.2) is 0 Å². The third-order valence-electron chi connectivity index (χ3n) is 3.59. The maximum atomic E-state index is 12.1. The van der Waals surface area contributed by atoms with E-state index in [2.05, 4.69) is 10.2 Å². The molecule has 19 heavy (non-hydrogen) atoms. The Kier molecular flexibility index (Phi) is 5.36. The number of nitrogens with one attached hydrogen (secondary N) is 1. The highest BCUT2D eigenvalue weighted by Gasteiger charge is 2.12. The number of benzene rings is 1. The lowest BCUT2D eigenvalue weighted by molar-refractivity contribution is -0.118. The van der Waals surface area contributed by atoms with Gasteiger partial charge in [-0.05, 0) is 25.1 Å². The van der Waals surface area contributed by atoms with Crippen molar-refractivity contribution in [3.8, 4) is 0 Å². The Balaban J connectivity index is 1.72. The van der Waals surface area contributed by atoms with E-state index < -0.39 is 0 Å². The van der Waals surface area contributed by atoms with E-state index >= 15 is 0 Å². The monoisotopic (exact) mass is 261 g/mol. The van der Waals surface area contributed by atoms with Gasteiger partial charge >= 0.3 is 0 Å². The van der Waals surface area contributed by atoms with Crippen molar-refractivity contribution in [1.82, 2.24) is 10.2 Å². The lowest BCUT2D eigenvalue weighted by Gasteiger charge is -2.27. The fourth-order valence-electron chi connectivity index (χ4n) is 2.35. The molecular formula is C15H23N3O. The number of piperazine rings is 1. The van der Waals surface area contributed by atoms with Gasteiger partial charge < -0.3 is 15.1 Å². The maximum absolute atomic E-state index is 12.1. The molecule has 0 spiro atoms. The average Bonchev–Trinajstić information content (AvgIpc) is 2.48. The molecule has 4 heteroatoms.